The highest BCUT2D eigenvalue weighted by molar-refractivity contribution is 9.10. The second kappa shape index (κ2) is 6.04. The number of halogens is 1. The van der Waals surface area contributed by atoms with Crippen molar-refractivity contribution in [1.82, 2.24) is 10.2 Å². The molecule has 1 fully saturated rings. The van der Waals surface area contributed by atoms with Gasteiger partial charge in [0.1, 0.15) is 5.82 Å². The SMILES string of the molecule is O=C(O)c1ccc(NCC2(c3cccc(Br)c3)CCC2)nn1. The third-order valence-corrected chi connectivity index (χ3v) is 4.73. The van der Waals surface area contributed by atoms with Crippen molar-refractivity contribution < 1.29 is 9.90 Å². The van der Waals surface area contributed by atoms with Gasteiger partial charge >= 0.3 is 5.97 Å². The largest absolute Gasteiger partial charge is 0.476 e. The van der Waals surface area contributed by atoms with Crippen LogP contribution >= 0.6 is 15.9 Å². The normalized spacial score (nSPS) is 15.9. The number of nitrogens with zero attached hydrogens (tertiary/aromatic N) is 2. The van der Waals surface area contributed by atoms with E-state index in [1.165, 1.54) is 18.1 Å². The summed E-state index contributed by atoms with van der Waals surface area (Å²) in [5.41, 5.74) is 1.39. The molecule has 0 aliphatic heterocycles. The summed E-state index contributed by atoms with van der Waals surface area (Å²) in [4.78, 5) is 10.8. The molecule has 22 heavy (non-hydrogen) atoms. The fourth-order valence-corrected chi connectivity index (χ4v) is 3.19. The number of nitrogens with one attached hydrogen (secondary N) is 1. The van der Waals surface area contributed by atoms with Crippen LogP contribution in [0.3, 0.4) is 0 Å². The van der Waals surface area contributed by atoms with Gasteiger partial charge in [-0.25, -0.2) is 4.79 Å². The van der Waals surface area contributed by atoms with Crippen LogP contribution in [-0.2, 0) is 5.41 Å². The van der Waals surface area contributed by atoms with Crippen molar-refractivity contribution in [3.8, 4) is 0 Å². The third-order valence-electron chi connectivity index (χ3n) is 4.24. The van der Waals surface area contributed by atoms with E-state index in [1.807, 2.05) is 6.07 Å². The molecule has 1 heterocycles. The van der Waals surface area contributed by atoms with Gasteiger partial charge in [-0.3, -0.25) is 0 Å². The Hall–Kier alpha value is -1.95. The van der Waals surface area contributed by atoms with E-state index in [9.17, 15) is 4.79 Å². The molecule has 0 saturated heterocycles. The number of carbonyl (C=O) groups is 1. The maximum atomic E-state index is 10.8. The lowest BCUT2D eigenvalue weighted by Gasteiger charge is -2.42. The average molecular weight is 362 g/mol. The molecule has 0 radical (unpaired) electrons. The van der Waals surface area contributed by atoms with Crippen LogP contribution in [-0.4, -0.2) is 27.8 Å². The molecule has 0 atom stereocenters. The lowest BCUT2D eigenvalue weighted by molar-refractivity contribution is 0.0689. The second-order valence-corrected chi connectivity index (χ2v) is 6.52. The maximum Gasteiger partial charge on any atom is 0.356 e. The van der Waals surface area contributed by atoms with Crippen molar-refractivity contribution in [2.45, 2.75) is 24.7 Å². The zero-order chi connectivity index (χ0) is 15.6. The van der Waals surface area contributed by atoms with Gasteiger partial charge in [0.2, 0.25) is 0 Å². The molecule has 1 aliphatic rings. The standard InChI is InChI=1S/C16H16BrN3O2/c17-12-4-1-3-11(9-12)16(7-2-8-16)10-18-14-6-5-13(15(21)22)19-20-14/h1,3-6,9H,2,7-8,10H2,(H,18,20)(H,21,22). The predicted molar refractivity (Wildman–Crippen MR) is 87.2 cm³/mol. The van der Waals surface area contributed by atoms with E-state index in [4.69, 9.17) is 5.11 Å². The summed E-state index contributed by atoms with van der Waals surface area (Å²) in [6, 6.07) is 11.5. The van der Waals surface area contributed by atoms with Crippen LogP contribution in [0.25, 0.3) is 0 Å². The summed E-state index contributed by atoms with van der Waals surface area (Å²) < 4.78 is 1.09. The molecule has 6 heteroatoms. The van der Waals surface area contributed by atoms with Crippen LogP contribution in [0.4, 0.5) is 5.82 Å². The smallest absolute Gasteiger partial charge is 0.356 e. The van der Waals surface area contributed by atoms with Crippen molar-refractivity contribution in [2.75, 3.05) is 11.9 Å². The Balaban J connectivity index is 1.72. The molecule has 5 nitrogen and oxygen atoms in total. The van der Waals surface area contributed by atoms with Crippen molar-refractivity contribution >= 4 is 27.7 Å². The molecule has 0 amide bonds. The number of hydrogen-bond donors (Lipinski definition) is 2. The van der Waals surface area contributed by atoms with Gasteiger partial charge in [0, 0.05) is 16.4 Å². The van der Waals surface area contributed by atoms with Gasteiger partial charge in [-0.2, -0.15) is 0 Å². The summed E-state index contributed by atoms with van der Waals surface area (Å²) in [7, 11) is 0. The average Bonchev–Trinajstić information content (AvgIpc) is 2.47. The summed E-state index contributed by atoms with van der Waals surface area (Å²) in [6.07, 6.45) is 3.49. The summed E-state index contributed by atoms with van der Waals surface area (Å²) in [5.74, 6) is -0.463. The number of rotatable bonds is 5. The Morgan fingerprint density at radius 1 is 1.27 bits per heavy atom. The fourth-order valence-electron chi connectivity index (χ4n) is 2.79. The molecule has 3 rings (SSSR count). The van der Waals surface area contributed by atoms with Crippen LogP contribution in [0, 0.1) is 0 Å². The summed E-state index contributed by atoms with van der Waals surface area (Å²) >= 11 is 3.53. The fraction of sp³-hybridized carbons (Fsp3) is 0.312. The summed E-state index contributed by atoms with van der Waals surface area (Å²) in [5, 5.41) is 19.7. The Bertz CT molecular complexity index is 684. The monoisotopic (exact) mass is 361 g/mol. The van der Waals surface area contributed by atoms with Gasteiger partial charge in [-0.15, -0.1) is 10.2 Å². The lowest BCUT2D eigenvalue weighted by atomic mass is 9.64. The van der Waals surface area contributed by atoms with Crippen molar-refractivity contribution in [3.05, 3.63) is 52.1 Å². The molecule has 1 aliphatic carbocycles. The number of benzene rings is 1. The van der Waals surface area contributed by atoms with Crippen molar-refractivity contribution in [1.29, 1.82) is 0 Å². The molecule has 2 aromatic rings. The zero-order valence-corrected chi connectivity index (χ0v) is 13.5. The minimum Gasteiger partial charge on any atom is -0.476 e. The molecule has 0 unspecified atom stereocenters. The molecule has 114 valence electrons. The molecule has 1 aromatic heterocycles. The van der Waals surface area contributed by atoms with Crippen molar-refractivity contribution in [2.24, 2.45) is 0 Å². The Labute approximate surface area is 136 Å². The van der Waals surface area contributed by atoms with E-state index in [0.717, 1.165) is 23.9 Å². The third kappa shape index (κ3) is 2.97. The molecule has 1 saturated carbocycles. The Morgan fingerprint density at radius 2 is 2.09 bits per heavy atom. The first-order chi connectivity index (χ1) is 10.6. The summed E-state index contributed by atoms with van der Waals surface area (Å²) in [6.45, 7) is 0.768. The van der Waals surface area contributed by atoms with Gasteiger partial charge in [0.25, 0.3) is 0 Å². The number of carboxylic acid groups (broad SMARTS) is 1. The van der Waals surface area contributed by atoms with Gasteiger partial charge < -0.3 is 10.4 Å². The predicted octanol–water partition coefficient (Wildman–Crippen LogP) is 3.47. The first-order valence-electron chi connectivity index (χ1n) is 7.16. The van der Waals surface area contributed by atoms with Gasteiger partial charge in [0.05, 0.1) is 0 Å². The van der Waals surface area contributed by atoms with Crippen molar-refractivity contribution in [3.63, 3.8) is 0 Å². The first kappa shape index (κ1) is 15.0. The highest BCUT2D eigenvalue weighted by atomic mass is 79.9. The quantitative estimate of drug-likeness (QED) is 0.852. The number of aromatic carboxylic acids is 1. The van der Waals surface area contributed by atoms with E-state index in [-0.39, 0.29) is 11.1 Å². The van der Waals surface area contributed by atoms with E-state index >= 15 is 0 Å². The number of aromatic nitrogens is 2. The van der Waals surface area contributed by atoms with Crippen LogP contribution < -0.4 is 5.32 Å². The minimum atomic E-state index is -1.07. The van der Waals surface area contributed by atoms with Crippen LogP contribution in [0.5, 0.6) is 0 Å². The number of anilines is 1. The van der Waals surface area contributed by atoms with Gasteiger partial charge in [-0.05, 0) is 42.7 Å². The zero-order valence-electron chi connectivity index (χ0n) is 11.9. The van der Waals surface area contributed by atoms with E-state index in [1.54, 1.807) is 6.07 Å². The molecular formula is C16H16BrN3O2. The number of carboxylic acids is 1. The van der Waals surface area contributed by atoms with Gasteiger partial charge in [-0.1, -0.05) is 34.5 Å². The van der Waals surface area contributed by atoms with E-state index < -0.39 is 5.97 Å². The van der Waals surface area contributed by atoms with Crippen LogP contribution in [0.15, 0.2) is 40.9 Å². The van der Waals surface area contributed by atoms with Crippen LogP contribution in [0.1, 0.15) is 35.3 Å². The highest BCUT2D eigenvalue weighted by Crippen LogP contribution is 2.44. The topological polar surface area (TPSA) is 75.1 Å². The Kier molecular flexibility index (Phi) is 4.11. The van der Waals surface area contributed by atoms with E-state index in [2.05, 4.69) is 49.6 Å². The highest BCUT2D eigenvalue weighted by Gasteiger charge is 2.38. The number of hydrogen-bond acceptors (Lipinski definition) is 4. The molecule has 1 aromatic carbocycles. The van der Waals surface area contributed by atoms with Crippen LogP contribution in [0.2, 0.25) is 0 Å². The molecule has 0 spiro atoms. The second-order valence-electron chi connectivity index (χ2n) is 5.61. The molecule has 0 bridgehead atoms. The first-order valence-corrected chi connectivity index (χ1v) is 7.95. The molecule has 2 N–H and O–H groups in total. The lowest BCUT2D eigenvalue weighted by Crippen LogP contribution is -2.41. The van der Waals surface area contributed by atoms with Gasteiger partial charge in [0.15, 0.2) is 5.69 Å². The maximum absolute atomic E-state index is 10.8. The molecular weight excluding hydrogens is 346 g/mol. The van der Waals surface area contributed by atoms with E-state index in [0.29, 0.717) is 5.82 Å². The minimum absolute atomic E-state index is 0.0455. The Morgan fingerprint density at radius 3 is 2.64 bits per heavy atom.